The van der Waals surface area contributed by atoms with Gasteiger partial charge in [-0.05, 0) is 0 Å². The summed E-state index contributed by atoms with van der Waals surface area (Å²) in [7, 11) is 0. The van der Waals surface area contributed by atoms with E-state index in [1.54, 1.807) is 0 Å². The zero-order valence-corrected chi connectivity index (χ0v) is 17.7. The molecule has 3 heteroatoms. The van der Waals surface area contributed by atoms with Crippen molar-refractivity contribution in [1.82, 2.24) is 0 Å². The Labute approximate surface area is 164 Å². The van der Waals surface area contributed by atoms with Crippen molar-refractivity contribution in [2.75, 3.05) is 0 Å². The van der Waals surface area contributed by atoms with E-state index in [4.69, 9.17) is 0 Å². The van der Waals surface area contributed by atoms with E-state index in [-0.39, 0.29) is 47.9 Å². The Bertz CT molecular complexity index is 127. The number of unbranched alkanes of at least 4 members (excludes halogenated alkanes) is 15. The zero-order valence-electron chi connectivity index (χ0n) is 14.8. The van der Waals surface area contributed by atoms with Crippen LogP contribution in [0, 0.1) is 0 Å². The van der Waals surface area contributed by atoms with E-state index < -0.39 is 0 Å². The summed E-state index contributed by atoms with van der Waals surface area (Å²) < 4.78 is 0. The fraction of sp³-hybridized carbons (Fsp3) is 1.00. The average molecular weight is 350 g/mol. The van der Waals surface area contributed by atoms with E-state index in [9.17, 15) is 0 Å². The van der Waals surface area contributed by atoms with E-state index in [1.165, 1.54) is 103 Å². The van der Waals surface area contributed by atoms with E-state index in [2.05, 4.69) is 13.8 Å². The minimum atomic E-state index is 0. The summed E-state index contributed by atoms with van der Waals surface area (Å²) in [5.41, 5.74) is 0. The molecule has 0 aliphatic rings. The molecule has 0 heterocycles. The largest absolute Gasteiger partial charge is 2.00 e. The first-order chi connectivity index (χ1) is 8.91. The molecule has 0 atom stereocenters. The third-order valence-corrected chi connectivity index (χ3v) is 3.96. The molecule has 0 unspecified atom stereocenters. The van der Waals surface area contributed by atoms with Crippen molar-refractivity contribution in [2.24, 2.45) is 0 Å². The predicted molar refractivity (Wildman–Crippen MR) is 91.0 cm³/mol. The van der Waals surface area contributed by atoms with Crippen molar-refractivity contribution in [3.63, 3.8) is 0 Å². The molecule has 0 aromatic rings. The van der Waals surface area contributed by atoms with E-state index in [1.807, 2.05) is 0 Å². The summed E-state index contributed by atoms with van der Waals surface area (Å²) >= 11 is 0. The Morgan fingerprint density at radius 3 is 0.619 bits per heavy atom. The van der Waals surface area contributed by atoms with Crippen LogP contribution in [0.2, 0.25) is 0 Å². The van der Waals surface area contributed by atoms with E-state index in [0.29, 0.717) is 0 Å². The summed E-state index contributed by atoms with van der Waals surface area (Å²) in [4.78, 5) is 0. The second-order valence-electron chi connectivity index (χ2n) is 5.95. The normalized spacial score (nSPS) is 9.43. The van der Waals surface area contributed by atoms with Crippen LogP contribution in [-0.4, -0.2) is 23.1 Å². The van der Waals surface area contributed by atoms with Crippen LogP contribution in [0.1, 0.15) is 117 Å². The third-order valence-electron chi connectivity index (χ3n) is 3.96. The Morgan fingerprint density at radius 2 is 0.476 bits per heavy atom. The van der Waals surface area contributed by atoms with Gasteiger partial charge in [-0.1, -0.05) is 117 Å². The van der Waals surface area contributed by atoms with Crippen molar-refractivity contribution in [2.45, 2.75) is 117 Å². The summed E-state index contributed by atoms with van der Waals surface area (Å²) in [5.74, 6) is 0. The predicted octanol–water partition coefficient (Wildman–Crippen LogP) is 0.895. The first kappa shape index (κ1) is 30.3. The van der Waals surface area contributed by atoms with Gasteiger partial charge in [0.15, 0.2) is 0 Å². The van der Waals surface area contributed by atoms with Gasteiger partial charge in [-0.15, -0.1) is 0 Å². The second kappa shape index (κ2) is 29.4. The molecule has 0 radical (unpaired) electrons. The van der Waals surface area contributed by atoms with E-state index >= 15 is 0 Å². The average Bonchev–Trinajstić information content (AvgIpc) is 2.39. The van der Waals surface area contributed by atoms with Crippen molar-refractivity contribution >= 4 is 23.1 Å². The van der Waals surface area contributed by atoms with Crippen LogP contribution in [0.25, 0.3) is 0 Å². The molecule has 0 amide bonds. The van der Waals surface area contributed by atoms with Crippen molar-refractivity contribution in [1.29, 1.82) is 0 Å². The van der Waals surface area contributed by atoms with Crippen LogP contribution in [0.3, 0.4) is 0 Å². The molecule has 0 aliphatic carbocycles. The van der Waals surface area contributed by atoms with E-state index in [0.717, 1.165) is 0 Å². The maximum atomic E-state index is 2.29. The minimum Gasteiger partial charge on any atom is -1.00 e. The molecule has 0 aromatic heterocycles. The number of rotatable bonds is 15. The molecule has 0 nitrogen and oxygen atoms in total. The quantitative estimate of drug-likeness (QED) is 0.304. The standard InChI is InChI=1S/C18H38.2ClH.Mg/c1-3-5-7-9-11-13-15-17-18-16-14-12-10-8-6-4-2;;;/h3-18H2,1-2H3;2*1H;/q;;;+2/p-2. The van der Waals surface area contributed by atoms with Crippen molar-refractivity contribution < 1.29 is 24.8 Å². The SMILES string of the molecule is CCCCCCCCCCCCCCCCCC.[Cl-].[Cl-].[Mg+2]. The molecule has 0 rings (SSSR count). The van der Waals surface area contributed by atoms with Gasteiger partial charge in [0.1, 0.15) is 0 Å². The first-order valence-corrected chi connectivity index (χ1v) is 8.91. The summed E-state index contributed by atoms with van der Waals surface area (Å²) in [6.45, 7) is 4.59. The third kappa shape index (κ3) is 29.9. The van der Waals surface area contributed by atoms with Crippen molar-refractivity contribution in [3.8, 4) is 0 Å². The molecule has 0 bridgehead atoms. The Balaban J connectivity index is -0.000000482. The Morgan fingerprint density at radius 1 is 0.333 bits per heavy atom. The maximum absolute atomic E-state index is 2.29. The van der Waals surface area contributed by atoms with Gasteiger partial charge in [0, 0.05) is 0 Å². The van der Waals surface area contributed by atoms with Crippen LogP contribution in [0.4, 0.5) is 0 Å². The molecule has 21 heavy (non-hydrogen) atoms. The molecular formula is C18H38Cl2Mg. The fourth-order valence-corrected chi connectivity index (χ4v) is 2.62. The molecule has 0 aliphatic heterocycles. The van der Waals surface area contributed by atoms with Gasteiger partial charge in [0.2, 0.25) is 0 Å². The maximum Gasteiger partial charge on any atom is 2.00 e. The number of hydrogen-bond acceptors (Lipinski definition) is 0. The smallest absolute Gasteiger partial charge is 1.00 e. The summed E-state index contributed by atoms with van der Waals surface area (Å²) in [6.07, 6.45) is 23.4. The number of halogens is 2. The van der Waals surface area contributed by atoms with Gasteiger partial charge in [0.05, 0.1) is 0 Å². The zero-order chi connectivity index (χ0) is 13.3. The molecule has 0 N–H and O–H groups in total. The molecule has 0 spiro atoms. The summed E-state index contributed by atoms with van der Waals surface area (Å²) in [6, 6.07) is 0. The second-order valence-corrected chi connectivity index (χ2v) is 5.95. The van der Waals surface area contributed by atoms with Gasteiger partial charge in [0.25, 0.3) is 0 Å². The molecule has 0 saturated heterocycles. The molecule has 0 fully saturated rings. The van der Waals surface area contributed by atoms with Crippen LogP contribution in [0.5, 0.6) is 0 Å². The molecule has 126 valence electrons. The van der Waals surface area contributed by atoms with Gasteiger partial charge in [-0.3, -0.25) is 0 Å². The van der Waals surface area contributed by atoms with Crippen molar-refractivity contribution in [3.05, 3.63) is 0 Å². The molecule has 0 aromatic carbocycles. The van der Waals surface area contributed by atoms with Gasteiger partial charge in [-0.2, -0.15) is 0 Å². The Kier molecular flexibility index (Phi) is 42.3. The monoisotopic (exact) mass is 348 g/mol. The van der Waals surface area contributed by atoms with Crippen LogP contribution in [0.15, 0.2) is 0 Å². The van der Waals surface area contributed by atoms with Crippen LogP contribution in [-0.2, 0) is 0 Å². The van der Waals surface area contributed by atoms with Crippen LogP contribution >= 0.6 is 0 Å². The summed E-state index contributed by atoms with van der Waals surface area (Å²) in [5, 5.41) is 0. The van der Waals surface area contributed by atoms with Gasteiger partial charge < -0.3 is 24.8 Å². The first-order valence-electron chi connectivity index (χ1n) is 8.91. The number of hydrogen-bond donors (Lipinski definition) is 0. The van der Waals surface area contributed by atoms with Gasteiger partial charge >= 0.3 is 23.1 Å². The minimum absolute atomic E-state index is 0. The Hall–Kier alpha value is 1.35. The van der Waals surface area contributed by atoms with Crippen LogP contribution < -0.4 is 24.8 Å². The topological polar surface area (TPSA) is 0 Å². The molecular weight excluding hydrogens is 311 g/mol. The fourth-order valence-electron chi connectivity index (χ4n) is 2.62. The van der Waals surface area contributed by atoms with Gasteiger partial charge in [-0.25, -0.2) is 0 Å². The molecule has 0 saturated carbocycles.